The van der Waals surface area contributed by atoms with Crippen molar-refractivity contribution in [1.82, 2.24) is 0 Å². The molecule has 1 atom stereocenters. The average Bonchev–Trinajstić information content (AvgIpc) is 3.52. The highest BCUT2D eigenvalue weighted by atomic mass is 16.5. The van der Waals surface area contributed by atoms with Gasteiger partial charge in [-0.2, -0.15) is 0 Å². The molecule has 6 aromatic carbocycles. The summed E-state index contributed by atoms with van der Waals surface area (Å²) in [6.45, 7) is 10.1. The van der Waals surface area contributed by atoms with Gasteiger partial charge in [0.1, 0.15) is 17.2 Å². The van der Waals surface area contributed by atoms with Gasteiger partial charge in [-0.05, 0) is 107 Å². The highest BCUT2D eigenvalue weighted by Crippen LogP contribution is 2.59. The topological polar surface area (TPSA) is 43.4 Å². The van der Waals surface area contributed by atoms with Gasteiger partial charge in [-0.3, -0.25) is 0 Å². The first-order valence-electron chi connectivity index (χ1n) is 20.5. The van der Waals surface area contributed by atoms with Crippen LogP contribution in [0.25, 0.3) is 39.1 Å². The van der Waals surface area contributed by atoms with Crippen molar-refractivity contribution < 1.29 is 18.9 Å². The zero-order valence-electron chi connectivity index (χ0n) is 33.4. The molecule has 0 saturated carbocycles. The maximum absolute atomic E-state index is 7.73. The molecule has 0 amide bonds. The maximum atomic E-state index is 7.73. The van der Waals surface area contributed by atoms with Crippen molar-refractivity contribution in [2.75, 3.05) is 63.4 Å². The lowest BCUT2D eigenvalue weighted by Gasteiger charge is -2.39. The van der Waals surface area contributed by atoms with Crippen LogP contribution < -0.4 is 24.0 Å². The number of piperidine rings is 1. The Balaban J connectivity index is 1.21. The lowest BCUT2D eigenvalue weighted by Crippen LogP contribution is -2.37. The molecule has 2 saturated heterocycles. The maximum Gasteiger partial charge on any atom is 0.178 e. The van der Waals surface area contributed by atoms with Crippen LogP contribution in [-0.4, -0.2) is 53.6 Å². The van der Waals surface area contributed by atoms with Gasteiger partial charge in [0.15, 0.2) is 5.60 Å². The highest BCUT2D eigenvalue weighted by molar-refractivity contribution is 6.10. The summed E-state index contributed by atoms with van der Waals surface area (Å²) in [6.07, 6.45) is 8.25. The fraction of sp³-hybridized carbons (Fsp3) is 0.294. The van der Waals surface area contributed by atoms with Gasteiger partial charge in [-0.25, -0.2) is 0 Å². The van der Waals surface area contributed by atoms with E-state index in [1.54, 1.807) is 14.2 Å². The van der Waals surface area contributed by atoms with Crippen molar-refractivity contribution in [3.05, 3.63) is 143 Å². The van der Waals surface area contributed by atoms with Crippen LogP contribution in [0, 0.1) is 0 Å². The molecule has 0 radical (unpaired) electrons. The van der Waals surface area contributed by atoms with Crippen LogP contribution in [0.2, 0.25) is 0 Å². The number of hydrogen-bond acceptors (Lipinski definition) is 6. The molecule has 288 valence electrons. The minimum atomic E-state index is -0.904. The van der Waals surface area contributed by atoms with Gasteiger partial charge in [0.2, 0.25) is 0 Å². The number of fused-ring (bicyclic) bond motifs is 8. The molecule has 10 rings (SSSR count). The normalized spacial score (nSPS) is 19.4. The molecule has 6 nitrogen and oxygen atoms in total. The van der Waals surface area contributed by atoms with Gasteiger partial charge in [0.25, 0.3) is 0 Å². The third-order valence-electron chi connectivity index (χ3n) is 12.9. The first-order valence-corrected chi connectivity index (χ1v) is 20.5. The number of morpholine rings is 1. The van der Waals surface area contributed by atoms with Crippen molar-refractivity contribution >= 4 is 28.2 Å². The fourth-order valence-electron chi connectivity index (χ4n) is 9.91. The summed E-state index contributed by atoms with van der Waals surface area (Å²) >= 11 is 0. The van der Waals surface area contributed by atoms with Crippen LogP contribution in [0.3, 0.4) is 0 Å². The van der Waals surface area contributed by atoms with E-state index in [2.05, 4.69) is 133 Å². The van der Waals surface area contributed by atoms with Crippen LogP contribution in [0.1, 0.15) is 60.9 Å². The first kappa shape index (κ1) is 35.7. The Labute approximate surface area is 336 Å². The van der Waals surface area contributed by atoms with Gasteiger partial charge in [-0.15, -0.1) is 0 Å². The Morgan fingerprint density at radius 2 is 1.37 bits per heavy atom. The molecule has 6 heteroatoms. The molecular weight excluding hydrogens is 705 g/mol. The molecule has 2 fully saturated rings. The zero-order chi connectivity index (χ0) is 38.7. The monoisotopic (exact) mass is 754 g/mol. The van der Waals surface area contributed by atoms with E-state index in [0.717, 1.165) is 84.4 Å². The molecule has 0 aromatic heterocycles. The van der Waals surface area contributed by atoms with Crippen LogP contribution in [0.4, 0.5) is 11.4 Å². The van der Waals surface area contributed by atoms with E-state index in [1.165, 1.54) is 63.7 Å². The number of benzene rings is 6. The number of anilines is 2. The zero-order valence-corrected chi connectivity index (χ0v) is 33.4. The van der Waals surface area contributed by atoms with Gasteiger partial charge < -0.3 is 28.7 Å². The molecule has 3 heterocycles. The SMILES string of the molecule is COc1ccc(C2(c3ccc(N4CCOCC4)cc3)C=Cc3c4c(c5cc(N6CCCCC6)c(OC)cc5c3O2)-c2ccc(-c3ccccc3)cc2C4(C)C)cc1. The van der Waals surface area contributed by atoms with Crippen LogP contribution in [-0.2, 0) is 15.8 Å². The minimum absolute atomic E-state index is 0.299. The Bertz CT molecular complexity index is 2500. The molecule has 3 aliphatic heterocycles. The number of nitrogens with zero attached hydrogens (tertiary/aromatic N) is 2. The number of ether oxygens (including phenoxy) is 4. The summed E-state index contributed by atoms with van der Waals surface area (Å²) in [5, 5.41) is 2.26. The standard InChI is InChI=1S/C51H50N2O4/c1-50(2)44-31-35(34-11-7-5-8-12-34)13-22-40(44)47-42-32-45(53-25-9-6-10-26-53)46(55-4)33-43(42)49-41(48(47)50)23-24-51(57-49,37-16-20-39(54-3)21-17-37)36-14-18-38(19-15-36)52-27-29-56-30-28-52/h5,7-8,11-24,31-33H,6,9-10,25-30H2,1-4H3. The lowest BCUT2D eigenvalue weighted by molar-refractivity contribution is 0.122. The summed E-state index contributed by atoms with van der Waals surface area (Å²) in [4.78, 5) is 4.91. The van der Waals surface area contributed by atoms with E-state index in [0.29, 0.717) is 0 Å². The van der Waals surface area contributed by atoms with Gasteiger partial charge in [0.05, 0.1) is 33.1 Å². The van der Waals surface area contributed by atoms with E-state index < -0.39 is 5.60 Å². The Hall–Kier alpha value is -5.72. The largest absolute Gasteiger partial charge is 0.497 e. The second kappa shape index (κ2) is 14.0. The van der Waals surface area contributed by atoms with Gasteiger partial charge in [-0.1, -0.05) is 86.7 Å². The van der Waals surface area contributed by atoms with E-state index in [9.17, 15) is 0 Å². The average molecular weight is 755 g/mol. The molecule has 6 aromatic rings. The predicted octanol–water partition coefficient (Wildman–Crippen LogP) is 11.0. The number of rotatable bonds is 7. The molecule has 1 unspecified atom stereocenters. The van der Waals surface area contributed by atoms with Crippen molar-refractivity contribution in [1.29, 1.82) is 0 Å². The molecule has 1 aliphatic carbocycles. The number of methoxy groups -OCH3 is 2. The molecular formula is C51H50N2O4. The number of hydrogen-bond donors (Lipinski definition) is 0. The third-order valence-corrected chi connectivity index (χ3v) is 12.9. The summed E-state index contributed by atoms with van der Waals surface area (Å²) in [5.74, 6) is 2.57. The van der Waals surface area contributed by atoms with E-state index in [-0.39, 0.29) is 5.41 Å². The summed E-state index contributed by atoms with van der Waals surface area (Å²) < 4.78 is 25.3. The van der Waals surface area contributed by atoms with Crippen LogP contribution >= 0.6 is 0 Å². The Kier molecular flexibility index (Phi) is 8.78. The summed E-state index contributed by atoms with van der Waals surface area (Å²) in [5.41, 5.74) is 12.1. The second-order valence-electron chi connectivity index (χ2n) is 16.4. The fourth-order valence-corrected chi connectivity index (χ4v) is 9.91. The molecule has 0 N–H and O–H groups in total. The molecule has 4 aliphatic rings. The molecule has 0 spiro atoms. The van der Waals surface area contributed by atoms with Crippen molar-refractivity contribution in [2.45, 2.75) is 44.1 Å². The third kappa shape index (κ3) is 5.79. The van der Waals surface area contributed by atoms with E-state index >= 15 is 0 Å². The van der Waals surface area contributed by atoms with Crippen molar-refractivity contribution in [3.63, 3.8) is 0 Å². The van der Waals surface area contributed by atoms with E-state index in [4.69, 9.17) is 18.9 Å². The summed E-state index contributed by atoms with van der Waals surface area (Å²) in [7, 11) is 3.51. The second-order valence-corrected chi connectivity index (χ2v) is 16.4. The Morgan fingerprint density at radius 3 is 2.07 bits per heavy atom. The van der Waals surface area contributed by atoms with Crippen LogP contribution in [0.15, 0.2) is 115 Å². The molecule has 0 bridgehead atoms. The quantitative estimate of drug-likeness (QED) is 0.162. The van der Waals surface area contributed by atoms with Crippen molar-refractivity contribution in [2.24, 2.45) is 0 Å². The smallest absolute Gasteiger partial charge is 0.178 e. The summed E-state index contributed by atoms with van der Waals surface area (Å²) in [6, 6.07) is 39.7. The predicted molar refractivity (Wildman–Crippen MR) is 232 cm³/mol. The lowest BCUT2D eigenvalue weighted by atomic mass is 9.76. The first-order chi connectivity index (χ1) is 27.9. The highest BCUT2D eigenvalue weighted by Gasteiger charge is 2.45. The van der Waals surface area contributed by atoms with E-state index in [1.807, 2.05) is 12.1 Å². The minimum Gasteiger partial charge on any atom is -0.497 e. The Morgan fingerprint density at radius 1 is 0.649 bits per heavy atom. The van der Waals surface area contributed by atoms with Crippen LogP contribution in [0.5, 0.6) is 17.2 Å². The van der Waals surface area contributed by atoms with Crippen molar-refractivity contribution in [3.8, 4) is 39.5 Å². The van der Waals surface area contributed by atoms with Gasteiger partial charge in [0, 0.05) is 59.4 Å². The molecule has 57 heavy (non-hydrogen) atoms. The van der Waals surface area contributed by atoms with Gasteiger partial charge >= 0.3 is 0 Å².